The van der Waals surface area contributed by atoms with Crippen LogP contribution >= 0.6 is 0 Å². The zero-order chi connectivity index (χ0) is 33.8. The molecular weight excluding hydrogens is 671 g/mol. The summed E-state index contributed by atoms with van der Waals surface area (Å²) in [5, 5.41) is 2.02. The Morgan fingerprint density at radius 1 is 0.755 bits per heavy atom. The first-order chi connectivity index (χ1) is 23.5. The minimum absolute atomic E-state index is 0.0549. The number of hydrogen-bond acceptors (Lipinski definition) is 10. The Hall–Kier alpha value is -4.11. The van der Waals surface area contributed by atoms with Crippen molar-refractivity contribution in [2.24, 2.45) is 0 Å². The van der Waals surface area contributed by atoms with Gasteiger partial charge in [0.2, 0.25) is 5.36 Å². The van der Waals surface area contributed by atoms with Crippen molar-refractivity contribution in [3.8, 4) is 11.5 Å². The molecule has 0 N–H and O–H groups in total. The molecule has 0 spiro atoms. The fraction of sp³-hybridized carbons (Fsp3) is 0.400. The summed E-state index contributed by atoms with van der Waals surface area (Å²) < 4.78 is 80.1. The molecule has 9 rings (SSSR count). The Labute approximate surface area is 283 Å². The largest absolute Gasteiger partial charge is 0.744 e. The van der Waals surface area contributed by atoms with E-state index in [4.69, 9.17) is 9.02 Å². The number of fused-ring (bicyclic) bond motifs is 4. The summed E-state index contributed by atoms with van der Waals surface area (Å²) in [4.78, 5) is 25.2. The number of rotatable bonds is 5. The van der Waals surface area contributed by atoms with E-state index in [9.17, 15) is 31.0 Å². The maximum absolute atomic E-state index is 13.3. The van der Waals surface area contributed by atoms with Crippen LogP contribution in [0.2, 0.25) is 0 Å². The Kier molecular flexibility index (Phi) is 6.90. The van der Waals surface area contributed by atoms with Gasteiger partial charge in [0.1, 0.15) is 34.7 Å². The first-order valence-electron chi connectivity index (χ1n) is 16.8. The van der Waals surface area contributed by atoms with Crippen molar-refractivity contribution >= 4 is 43.3 Å². The van der Waals surface area contributed by atoms with Crippen molar-refractivity contribution in [3.05, 3.63) is 74.3 Å². The van der Waals surface area contributed by atoms with Crippen LogP contribution in [0.1, 0.15) is 71.9 Å². The second-order valence-corrected chi connectivity index (χ2v) is 16.4. The van der Waals surface area contributed by atoms with Gasteiger partial charge in [-0.25, -0.2) is 13.0 Å². The van der Waals surface area contributed by atoms with Crippen LogP contribution in [0, 0.1) is 0 Å². The molecule has 0 radical (unpaired) electrons. The molecule has 3 aromatic rings. The van der Waals surface area contributed by atoms with E-state index in [0.29, 0.717) is 27.9 Å². The van der Waals surface area contributed by atoms with E-state index >= 15 is 0 Å². The molecule has 6 heterocycles. The summed E-state index contributed by atoms with van der Waals surface area (Å²) in [6, 6.07) is 7.35. The molecule has 12 nitrogen and oxygen atoms in total. The summed E-state index contributed by atoms with van der Waals surface area (Å²) in [5.74, 6) is -0.358. The van der Waals surface area contributed by atoms with Crippen LogP contribution in [0.25, 0.3) is 5.57 Å². The number of hydroxylamine groups is 2. The van der Waals surface area contributed by atoms with Gasteiger partial charge in [0.25, 0.3) is 11.8 Å². The summed E-state index contributed by atoms with van der Waals surface area (Å²) in [5.41, 5.74) is 6.81. The number of ether oxygens (including phenoxy) is 1. The van der Waals surface area contributed by atoms with Crippen LogP contribution in [0.15, 0.2) is 40.1 Å². The molecule has 1 fully saturated rings. The molecule has 6 aliphatic rings. The van der Waals surface area contributed by atoms with E-state index in [0.717, 1.165) is 112 Å². The Morgan fingerprint density at radius 3 is 2.20 bits per heavy atom. The van der Waals surface area contributed by atoms with Crippen LogP contribution in [0.5, 0.6) is 11.5 Å². The predicted octanol–water partition coefficient (Wildman–Crippen LogP) is 1.80. The number of hydrogen-bond donors (Lipinski definition) is 0. The van der Waals surface area contributed by atoms with Gasteiger partial charge < -0.3 is 14.2 Å². The van der Waals surface area contributed by atoms with E-state index in [1.54, 1.807) is 0 Å². The molecule has 1 saturated heterocycles. The number of carbonyl (C=O) groups is 2. The quantitative estimate of drug-likeness (QED) is 0.171. The average molecular weight is 704 g/mol. The third kappa shape index (κ3) is 4.78. The average Bonchev–Trinajstić information content (AvgIpc) is 3.39. The van der Waals surface area contributed by atoms with E-state index in [2.05, 4.69) is 21.6 Å². The van der Waals surface area contributed by atoms with Crippen molar-refractivity contribution in [3.63, 3.8) is 0 Å². The summed E-state index contributed by atoms with van der Waals surface area (Å²) in [6.45, 7) is 3.80. The Bertz CT molecular complexity index is 2380. The molecule has 0 aliphatic carbocycles. The molecule has 0 bridgehead atoms. The van der Waals surface area contributed by atoms with E-state index < -0.39 is 41.8 Å². The van der Waals surface area contributed by atoms with Gasteiger partial charge in [0.05, 0.1) is 15.4 Å². The zero-order valence-corrected chi connectivity index (χ0v) is 28.3. The first kappa shape index (κ1) is 30.9. The SMILES string of the molecule is O=C1CCC(=O)N1OS(=O)(=O)c1ccc(C2=c3cc4c5c(c3Oc3c2cc2c6c3CCCN6CCC2)CCC[N+]=5CCC4)c(S(=O)(=O)[O-])c1. The van der Waals surface area contributed by atoms with Crippen LogP contribution in [0.4, 0.5) is 5.69 Å². The lowest BCUT2D eigenvalue weighted by Crippen LogP contribution is -2.45. The van der Waals surface area contributed by atoms with E-state index in [1.165, 1.54) is 17.1 Å². The normalized spacial score (nSPS) is 19.7. The molecule has 6 aliphatic heterocycles. The fourth-order valence-corrected chi connectivity index (χ4v) is 10.4. The molecule has 0 saturated carbocycles. The molecule has 49 heavy (non-hydrogen) atoms. The minimum Gasteiger partial charge on any atom is -0.744 e. The van der Waals surface area contributed by atoms with E-state index in [1.807, 2.05) is 0 Å². The van der Waals surface area contributed by atoms with Crippen molar-refractivity contribution < 1.29 is 40.0 Å². The molecule has 2 amide bonds. The predicted molar refractivity (Wildman–Crippen MR) is 174 cm³/mol. The molecule has 0 unspecified atom stereocenters. The van der Waals surface area contributed by atoms with Crippen molar-refractivity contribution in [1.82, 2.24) is 9.64 Å². The Morgan fingerprint density at radius 2 is 1.45 bits per heavy atom. The van der Waals surface area contributed by atoms with Crippen molar-refractivity contribution in [2.75, 3.05) is 31.1 Å². The van der Waals surface area contributed by atoms with Crippen molar-refractivity contribution in [2.45, 2.75) is 74.0 Å². The molecular formula is C35H33N3O9S2. The van der Waals surface area contributed by atoms with Gasteiger partial charge in [-0.05, 0) is 68.4 Å². The van der Waals surface area contributed by atoms with Gasteiger partial charge in [-0.3, -0.25) is 9.59 Å². The summed E-state index contributed by atoms with van der Waals surface area (Å²) in [7, 11) is -10.1. The smallest absolute Gasteiger partial charge is 0.318 e. The van der Waals surface area contributed by atoms with Crippen LogP contribution in [0.3, 0.4) is 0 Å². The highest BCUT2D eigenvalue weighted by atomic mass is 32.2. The molecule has 0 atom stereocenters. The number of imide groups is 1. The molecule has 3 aromatic carbocycles. The van der Waals surface area contributed by atoms with Gasteiger partial charge in [-0.2, -0.15) is 8.42 Å². The van der Waals surface area contributed by atoms with Gasteiger partial charge >= 0.3 is 10.1 Å². The molecule has 14 heteroatoms. The van der Waals surface area contributed by atoms with Crippen LogP contribution in [-0.2, 0) is 59.8 Å². The van der Waals surface area contributed by atoms with E-state index in [-0.39, 0.29) is 23.5 Å². The van der Waals surface area contributed by atoms with Gasteiger partial charge in [-0.1, -0.05) is 6.07 Å². The maximum atomic E-state index is 13.3. The minimum atomic E-state index is -5.28. The Balaban J connectivity index is 1.34. The standard InChI is InChI=1S/C35H33N3O9S2/c39-29-11-12-30(40)38(29)47-49(44,45)22-9-10-23(28(19-22)48(41,42)43)31-26-17-20-5-1-13-36-15-3-7-24(32(20)36)34(26)46-35-25-8-4-16-37-14-2-6-21(33(25)37)18-27(31)35/h9-10,17-19H,1-8,11-16H2. The highest BCUT2D eigenvalue weighted by molar-refractivity contribution is 7.87. The lowest BCUT2D eigenvalue weighted by Gasteiger charge is -2.39. The highest BCUT2D eigenvalue weighted by Crippen LogP contribution is 2.49. The lowest BCUT2D eigenvalue weighted by atomic mass is 9.82. The zero-order valence-electron chi connectivity index (χ0n) is 26.6. The third-order valence-electron chi connectivity index (χ3n) is 10.6. The van der Waals surface area contributed by atoms with Gasteiger partial charge in [0.15, 0.2) is 0 Å². The number of anilines is 1. The van der Waals surface area contributed by atoms with Crippen LogP contribution in [-0.4, -0.2) is 64.4 Å². The first-order valence-corrected chi connectivity index (χ1v) is 19.6. The summed E-state index contributed by atoms with van der Waals surface area (Å²) >= 11 is 0. The number of nitrogens with zero attached hydrogens (tertiary/aromatic N) is 3. The second-order valence-electron chi connectivity index (χ2n) is 13.6. The summed E-state index contributed by atoms with van der Waals surface area (Å²) in [6.07, 6.45) is 6.65. The fourth-order valence-electron chi connectivity index (χ4n) is 8.66. The topological polar surface area (TPSA) is 153 Å². The maximum Gasteiger partial charge on any atom is 0.318 e. The van der Waals surface area contributed by atoms with Crippen LogP contribution < -0.4 is 24.8 Å². The lowest BCUT2D eigenvalue weighted by molar-refractivity contribution is -0.163. The third-order valence-corrected chi connectivity index (χ3v) is 12.7. The molecule has 254 valence electrons. The number of carbonyl (C=O) groups excluding carboxylic acids is 2. The van der Waals surface area contributed by atoms with Gasteiger partial charge in [0, 0.05) is 77.5 Å². The van der Waals surface area contributed by atoms with Crippen molar-refractivity contribution in [1.29, 1.82) is 0 Å². The molecule has 0 aromatic heterocycles. The number of aryl methyl sites for hydroxylation is 2. The highest BCUT2D eigenvalue weighted by Gasteiger charge is 2.38. The second kappa shape index (κ2) is 10.9. The monoisotopic (exact) mass is 703 g/mol. The number of benzene rings is 3. The van der Waals surface area contributed by atoms with Gasteiger partial charge in [-0.15, -0.1) is 9.35 Å². The number of amides is 2.